The first-order valence-electron chi connectivity index (χ1n) is 9.56. The van der Waals surface area contributed by atoms with Crippen LogP contribution in [0.4, 0.5) is 0 Å². The van der Waals surface area contributed by atoms with Crippen LogP contribution in [0, 0.1) is 0 Å². The van der Waals surface area contributed by atoms with Gasteiger partial charge in [-0.15, -0.1) is 5.10 Å². The van der Waals surface area contributed by atoms with Gasteiger partial charge in [0.1, 0.15) is 36.3 Å². The lowest BCUT2D eigenvalue weighted by molar-refractivity contribution is -0.232. The van der Waals surface area contributed by atoms with Gasteiger partial charge in [0, 0.05) is 11.8 Å². The Balaban J connectivity index is 1.70. The Morgan fingerprint density at radius 1 is 1.16 bits per heavy atom. The van der Waals surface area contributed by atoms with Gasteiger partial charge in [0.2, 0.25) is 0 Å². The first-order chi connectivity index (χ1) is 14.8. The van der Waals surface area contributed by atoms with E-state index in [-0.39, 0.29) is 12.2 Å². The number of aliphatic hydroxyl groups is 4. The predicted molar refractivity (Wildman–Crippen MR) is 109 cm³/mol. The number of ether oxygens (including phenoxy) is 2. The zero-order valence-electron chi connectivity index (χ0n) is 16.5. The molecule has 1 aliphatic rings. The third kappa shape index (κ3) is 3.93. The number of aromatic nitrogens is 3. The molecule has 0 spiro atoms. The molecule has 0 unspecified atom stereocenters. The largest absolute Gasteiger partial charge is 0.496 e. The minimum atomic E-state index is -1.52. The third-order valence-electron chi connectivity index (χ3n) is 5.37. The van der Waals surface area contributed by atoms with Crippen molar-refractivity contribution >= 4 is 17.2 Å². The van der Waals surface area contributed by atoms with E-state index in [9.17, 15) is 25.2 Å². The van der Waals surface area contributed by atoms with Crippen molar-refractivity contribution in [1.82, 2.24) is 14.2 Å². The van der Waals surface area contributed by atoms with Crippen molar-refractivity contribution in [3.63, 3.8) is 0 Å². The molecule has 1 saturated heterocycles. The number of hydrogen-bond acceptors (Lipinski definition) is 8. The van der Waals surface area contributed by atoms with E-state index in [1.165, 1.54) is 22.4 Å². The number of nitrogens with zero attached hydrogens (tertiary/aromatic N) is 3. The van der Waals surface area contributed by atoms with Crippen LogP contribution in [0.5, 0.6) is 5.75 Å². The second-order valence-electron chi connectivity index (χ2n) is 7.34. The molecule has 4 rings (SSSR count). The van der Waals surface area contributed by atoms with E-state index >= 15 is 0 Å². The molecule has 31 heavy (non-hydrogen) atoms. The van der Waals surface area contributed by atoms with Gasteiger partial charge >= 0.3 is 5.69 Å². The number of halogens is 1. The smallest absolute Gasteiger partial charge is 0.350 e. The minimum absolute atomic E-state index is 0.118. The average Bonchev–Trinajstić information content (AvgIpc) is 3.07. The van der Waals surface area contributed by atoms with E-state index in [0.717, 1.165) is 0 Å². The number of hydrogen-bond donors (Lipinski definition) is 4. The second-order valence-corrected chi connectivity index (χ2v) is 7.78. The molecule has 0 amide bonds. The summed E-state index contributed by atoms with van der Waals surface area (Å²) >= 11 is 5.96. The number of fused-ring (bicyclic) bond motifs is 1. The fraction of sp³-hybridized carbons (Fsp3) is 0.400. The molecule has 4 N–H and O–H groups in total. The van der Waals surface area contributed by atoms with Gasteiger partial charge in [-0.3, -0.25) is 0 Å². The van der Waals surface area contributed by atoms with Crippen LogP contribution in [0.3, 0.4) is 0 Å². The van der Waals surface area contributed by atoms with Crippen LogP contribution in [0.25, 0.3) is 5.65 Å². The topological polar surface area (TPSA) is 139 Å². The summed E-state index contributed by atoms with van der Waals surface area (Å²) in [6.07, 6.45) is -5.08. The molecule has 10 nitrogen and oxygen atoms in total. The lowest BCUT2D eigenvalue weighted by atomic mass is 9.90. The zero-order chi connectivity index (χ0) is 22.3. The van der Waals surface area contributed by atoms with E-state index < -0.39 is 37.1 Å². The first-order valence-corrected chi connectivity index (χ1v) is 9.94. The molecular formula is C20H22ClN3O7. The van der Waals surface area contributed by atoms with Crippen molar-refractivity contribution in [3.8, 4) is 5.75 Å². The van der Waals surface area contributed by atoms with E-state index in [4.69, 9.17) is 21.1 Å². The first kappa shape index (κ1) is 21.8. The summed E-state index contributed by atoms with van der Waals surface area (Å²) in [4.78, 5) is 12.6. The van der Waals surface area contributed by atoms with Crippen molar-refractivity contribution in [2.45, 2.75) is 37.1 Å². The molecule has 0 radical (unpaired) electrons. The van der Waals surface area contributed by atoms with E-state index in [2.05, 4.69) is 5.10 Å². The Hall–Kier alpha value is -2.47. The van der Waals surface area contributed by atoms with Crippen LogP contribution in [0.1, 0.15) is 17.2 Å². The quantitative estimate of drug-likeness (QED) is 0.415. The van der Waals surface area contributed by atoms with Gasteiger partial charge < -0.3 is 29.9 Å². The third-order valence-corrected chi connectivity index (χ3v) is 5.59. The molecule has 1 aliphatic heterocycles. The lowest BCUT2D eigenvalue weighted by Crippen LogP contribution is -2.55. The van der Waals surface area contributed by atoms with Crippen LogP contribution in [-0.4, -0.2) is 72.7 Å². The van der Waals surface area contributed by atoms with E-state index in [1.54, 1.807) is 30.3 Å². The monoisotopic (exact) mass is 451 g/mol. The predicted octanol–water partition coefficient (Wildman–Crippen LogP) is -0.279. The van der Waals surface area contributed by atoms with Crippen molar-refractivity contribution in [2.75, 3.05) is 13.7 Å². The highest BCUT2D eigenvalue weighted by atomic mass is 35.5. The fourth-order valence-electron chi connectivity index (χ4n) is 3.73. The summed E-state index contributed by atoms with van der Waals surface area (Å²) < 4.78 is 13.6. The van der Waals surface area contributed by atoms with Gasteiger partial charge in [-0.2, -0.15) is 0 Å². The molecule has 0 aliphatic carbocycles. The summed E-state index contributed by atoms with van der Waals surface area (Å²) in [5.41, 5.74) is 1.13. The normalized spacial score (nSPS) is 26.3. The molecule has 1 aromatic carbocycles. The second kappa shape index (κ2) is 8.58. The van der Waals surface area contributed by atoms with Gasteiger partial charge in [0.15, 0.2) is 5.65 Å². The van der Waals surface area contributed by atoms with Crippen LogP contribution in [0.2, 0.25) is 5.02 Å². The van der Waals surface area contributed by atoms with Crippen molar-refractivity contribution < 1.29 is 29.9 Å². The zero-order valence-corrected chi connectivity index (χ0v) is 17.3. The van der Waals surface area contributed by atoms with Crippen LogP contribution >= 0.6 is 11.6 Å². The summed E-state index contributed by atoms with van der Waals surface area (Å²) in [5.74, 6) is 0.377. The summed E-state index contributed by atoms with van der Waals surface area (Å²) in [5, 5.41) is 44.8. The maximum Gasteiger partial charge on any atom is 0.350 e. The highest BCUT2D eigenvalue weighted by Crippen LogP contribution is 2.37. The van der Waals surface area contributed by atoms with E-state index in [0.29, 0.717) is 27.5 Å². The number of aliphatic hydroxyl groups excluding tert-OH is 4. The highest BCUT2D eigenvalue weighted by molar-refractivity contribution is 6.30. The highest BCUT2D eigenvalue weighted by Gasteiger charge is 2.44. The SMILES string of the molecule is COc1ccc(Cn2nc3ccc(Cl)cn3c2=O)cc1[C@@H]1O[C@H](CO)[C@@H](O)[C@H](O)[C@H]1O. The molecule has 1 fully saturated rings. The van der Waals surface area contributed by atoms with Crippen molar-refractivity contribution in [3.05, 3.63) is 63.2 Å². The number of methoxy groups -OCH3 is 1. The minimum Gasteiger partial charge on any atom is -0.496 e. The summed E-state index contributed by atoms with van der Waals surface area (Å²) in [6.45, 7) is -0.421. The fourth-order valence-corrected chi connectivity index (χ4v) is 3.89. The Bertz CT molecular complexity index is 1150. The molecular weight excluding hydrogens is 430 g/mol. The Morgan fingerprint density at radius 2 is 1.94 bits per heavy atom. The van der Waals surface area contributed by atoms with Crippen molar-refractivity contribution in [1.29, 1.82) is 0 Å². The molecule has 5 atom stereocenters. The van der Waals surface area contributed by atoms with Gasteiger partial charge in [-0.25, -0.2) is 13.9 Å². The van der Waals surface area contributed by atoms with Gasteiger partial charge in [-0.1, -0.05) is 17.7 Å². The van der Waals surface area contributed by atoms with Crippen LogP contribution in [-0.2, 0) is 11.3 Å². The molecule has 166 valence electrons. The van der Waals surface area contributed by atoms with Crippen LogP contribution in [0.15, 0.2) is 41.3 Å². The summed E-state index contributed by atoms with van der Waals surface area (Å²) in [6, 6.07) is 8.31. The Kier molecular flexibility index (Phi) is 6.02. The summed E-state index contributed by atoms with van der Waals surface area (Å²) in [7, 11) is 1.44. The maximum absolute atomic E-state index is 12.6. The number of rotatable bonds is 5. The molecule has 3 aromatic rings. The van der Waals surface area contributed by atoms with Gasteiger partial charge in [0.05, 0.1) is 25.3 Å². The molecule has 3 heterocycles. The molecule has 11 heteroatoms. The lowest BCUT2D eigenvalue weighted by Gasteiger charge is -2.40. The molecule has 0 bridgehead atoms. The standard InChI is InChI=1S/C20H22ClN3O7/c1-30-13-4-2-10(7-24-20(29)23-8-11(21)3-5-15(23)22-24)6-12(13)19-18(28)17(27)16(26)14(9-25)31-19/h2-6,8,14,16-19,25-28H,7,9H2,1H3/t14-,16-,17+,18-,19+/m1/s1. The Labute approximate surface area is 181 Å². The Morgan fingerprint density at radius 3 is 2.65 bits per heavy atom. The van der Waals surface area contributed by atoms with Crippen LogP contribution < -0.4 is 10.4 Å². The number of benzene rings is 1. The van der Waals surface area contributed by atoms with Gasteiger partial charge in [0.25, 0.3) is 0 Å². The number of pyridine rings is 1. The van der Waals surface area contributed by atoms with Crippen molar-refractivity contribution in [2.24, 2.45) is 0 Å². The maximum atomic E-state index is 12.6. The molecule has 0 saturated carbocycles. The van der Waals surface area contributed by atoms with E-state index in [1.807, 2.05) is 0 Å². The average molecular weight is 452 g/mol. The molecule has 2 aromatic heterocycles. The van der Waals surface area contributed by atoms with Gasteiger partial charge in [-0.05, 0) is 29.8 Å².